The van der Waals surface area contributed by atoms with Crippen molar-refractivity contribution in [2.75, 3.05) is 29.4 Å². The topological polar surface area (TPSA) is 67.2 Å². The standard InChI is InChI=1S/C17H20N6O/c24-16-2-1-5-22(16)14-8-20-23(11-14)15-9-21(10-15)17-18-6-13(7-19-17)12-3-4-12/h6-8,11-12,15H,1-5,9-10H2. The van der Waals surface area contributed by atoms with Gasteiger partial charge in [-0.1, -0.05) is 0 Å². The summed E-state index contributed by atoms with van der Waals surface area (Å²) in [6, 6.07) is 0.322. The van der Waals surface area contributed by atoms with Gasteiger partial charge in [0.15, 0.2) is 0 Å². The van der Waals surface area contributed by atoms with Crippen LogP contribution >= 0.6 is 0 Å². The Bertz CT molecular complexity index is 760. The zero-order chi connectivity index (χ0) is 16.1. The van der Waals surface area contributed by atoms with Crippen LogP contribution in [0.25, 0.3) is 0 Å². The molecule has 2 aliphatic heterocycles. The molecule has 2 saturated heterocycles. The second-order valence-corrected chi connectivity index (χ2v) is 6.98. The van der Waals surface area contributed by atoms with Crippen LogP contribution in [0.1, 0.15) is 43.2 Å². The molecule has 1 saturated carbocycles. The SMILES string of the molecule is O=C1CCCN1c1cnn(C2CN(c3ncc(C4CC4)cn3)C2)c1. The fraction of sp³-hybridized carbons (Fsp3) is 0.529. The van der Waals surface area contributed by atoms with Gasteiger partial charge in [-0.3, -0.25) is 9.48 Å². The summed E-state index contributed by atoms with van der Waals surface area (Å²) >= 11 is 0. The van der Waals surface area contributed by atoms with Gasteiger partial charge < -0.3 is 9.80 Å². The van der Waals surface area contributed by atoms with E-state index in [1.165, 1.54) is 18.4 Å². The smallest absolute Gasteiger partial charge is 0.227 e. The van der Waals surface area contributed by atoms with E-state index in [1.54, 1.807) is 6.20 Å². The lowest BCUT2D eigenvalue weighted by Crippen LogP contribution is -2.48. The Hall–Kier alpha value is -2.44. The highest BCUT2D eigenvalue weighted by Gasteiger charge is 2.32. The maximum Gasteiger partial charge on any atom is 0.227 e. The average molecular weight is 324 g/mol. The van der Waals surface area contributed by atoms with Gasteiger partial charge in [-0.25, -0.2) is 9.97 Å². The summed E-state index contributed by atoms with van der Waals surface area (Å²) in [7, 11) is 0. The van der Waals surface area contributed by atoms with Gasteiger partial charge in [0, 0.05) is 44.6 Å². The predicted molar refractivity (Wildman–Crippen MR) is 89.1 cm³/mol. The summed E-state index contributed by atoms with van der Waals surface area (Å²) in [5.41, 5.74) is 2.18. The largest absolute Gasteiger partial charge is 0.336 e. The first-order valence-corrected chi connectivity index (χ1v) is 8.69. The highest BCUT2D eigenvalue weighted by atomic mass is 16.2. The number of carbonyl (C=O) groups excluding carboxylic acids is 1. The summed E-state index contributed by atoms with van der Waals surface area (Å²) in [6.07, 6.45) is 11.9. The van der Waals surface area contributed by atoms with Crippen LogP contribution in [0, 0.1) is 0 Å². The van der Waals surface area contributed by atoms with Crippen molar-refractivity contribution in [2.45, 2.75) is 37.6 Å². The molecule has 4 heterocycles. The van der Waals surface area contributed by atoms with E-state index in [1.807, 2.05) is 28.2 Å². The highest BCUT2D eigenvalue weighted by Crippen LogP contribution is 2.39. The summed E-state index contributed by atoms with van der Waals surface area (Å²) in [5, 5.41) is 4.45. The van der Waals surface area contributed by atoms with Gasteiger partial charge in [0.2, 0.25) is 11.9 Å². The lowest BCUT2D eigenvalue weighted by Gasteiger charge is -2.39. The zero-order valence-corrected chi connectivity index (χ0v) is 13.5. The minimum atomic E-state index is 0.203. The molecule has 3 aliphatic rings. The molecule has 5 rings (SSSR count). The predicted octanol–water partition coefficient (Wildman–Crippen LogP) is 1.74. The van der Waals surface area contributed by atoms with Crippen molar-refractivity contribution in [2.24, 2.45) is 0 Å². The molecule has 2 aromatic heterocycles. The molecule has 2 aromatic rings. The van der Waals surface area contributed by atoms with Gasteiger partial charge in [-0.15, -0.1) is 0 Å². The number of amides is 1. The molecule has 0 radical (unpaired) electrons. The van der Waals surface area contributed by atoms with Crippen LogP contribution in [0.15, 0.2) is 24.8 Å². The van der Waals surface area contributed by atoms with Crippen molar-refractivity contribution in [3.63, 3.8) is 0 Å². The molecule has 0 N–H and O–H groups in total. The quantitative estimate of drug-likeness (QED) is 0.857. The fourth-order valence-electron chi connectivity index (χ4n) is 3.50. The summed E-state index contributed by atoms with van der Waals surface area (Å²) in [5.74, 6) is 1.70. The molecule has 0 spiro atoms. The zero-order valence-electron chi connectivity index (χ0n) is 13.5. The molecule has 7 nitrogen and oxygen atoms in total. The van der Waals surface area contributed by atoms with Crippen LogP contribution < -0.4 is 9.80 Å². The molecular formula is C17H20N6O. The van der Waals surface area contributed by atoms with Gasteiger partial charge in [0.1, 0.15) is 0 Å². The van der Waals surface area contributed by atoms with Crippen LogP contribution in [0.5, 0.6) is 0 Å². The van der Waals surface area contributed by atoms with Crippen molar-refractivity contribution >= 4 is 17.5 Å². The Morgan fingerprint density at radius 2 is 1.88 bits per heavy atom. The van der Waals surface area contributed by atoms with Gasteiger partial charge in [-0.05, 0) is 30.7 Å². The lowest BCUT2D eigenvalue weighted by molar-refractivity contribution is -0.117. The lowest BCUT2D eigenvalue weighted by atomic mass is 10.1. The first-order chi connectivity index (χ1) is 11.8. The third-order valence-corrected chi connectivity index (χ3v) is 5.20. The van der Waals surface area contributed by atoms with E-state index < -0.39 is 0 Å². The van der Waals surface area contributed by atoms with Crippen molar-refractivity contribution < 1.29 is 4.79 Å². The van der Waals surface area contributed by atoms with E-state index in [-0.39, 0.29) is 5.91 Å². The van der Waals surface area contributed by atoms with E-state index in [0.717, 1.165) is 37.7 Å². The van der Waals surface area contributed by atoms with Gasteiger partial charge in [0.05, 0.1) is 17.9 Å². The number of hydrogen-bond donors (Lipinski definition) is 0. The summed E-state index contributed by atoms with van der Waals surface area (Å²) < 4.78 is 1.97. The number of aromatic nitrogens is 4. The third kappa shape index (κ3) is 2.35. The first-order valence-electron chi connectivity index (χ1n) is 8.69. The van der Waals surface area contributed by atoms with Crippen LogP contribution in [-0.4, -0.2) is 45.3 Å². The van der Waals surface area contributed by atoms with Gasteiger partial charge in [-0.2, -0.15) is 5.10 Å². The summed E-state index contributed by atoms with van der Waals surface area (Å²) in [4.78, 5) is 24.8. The molecule has 0 atom stereocenters. The average Bonchev–Trinajstić information content (AvgIpc) is 3.15. The van der Waals surface area contributed by atoms with E-state index in [0.29, 0.717) is 18.4 Å². The molecule has 3 fully saturated rings. The van der Waals surface area contributed by atoms with E-state index in [2.05, 4.69) is 20.0 Å². The maximum atomic E-state index is 11.8. The highest BCUT2D eigenvalue weighted by molar-refractivity contribution is 5.95. The van der Waals surface area contributed by atoms with Crippen molar-refractivity contribution in [1.29, 1.82) is 0 Å². The second-order valence-electron chi connectivity index (χ2n) is 6.98. The van der Waals surface area contributed by atoms with E-state index >= 15 is 0 Å². The minimum absolute atomic E-state index is 0.203. The number of carbonyl (C=O) groups is 1. The van der Waals surface area contributed by atoms with Crippen LogP contribution in [0.4, 0.5) is 11.6 Å². The second kappa shape index (κ2) is 5.29. The molecule has 1 aliphatic carbocycles. The van der Waals surface area contributed by atoms with Crippen LogP contribution in [0.2, 0.25) is 0 Å². The Morgan fingerprint density at radius 1 is 1.08 bits per heavy atom. The molecule has 7 heteroatoms. The number of hydrogen-bond acceptors (Lipinski definition) is 5. The molecule has 0 unspecified atom stereocenters. The van der Waals surface area contributed by atoms with Crippen molar-refractivity contribution in [3.8, 4) is 0 Å². The Balaban J connectivity index is 1.23. The normalized spacial score (nSPS) is 21.4. The number of nitrogens with zero attached hydrogens (tertiary/aromatic N) is 6. The first kappa shape index (κ1) is 13.9. The minimum Gasteiger partial charge on any atom is -0.336 e. The Labute approximate surface area is 140 Å². The van der Waals surface area contributed by atoms with Gasteiger partial charge >= 0.3 is 0 Å². The third-order valence-electron chi connectivity index (χ3n) is 5.20. The number of anilines is 2. The Kier molecular flexibility index (Phi) is 3.08. The molecule has 1 amide bonds. The monoisotopic (exact) mass is 324 g/mol. The number of rotatable bonds is 4. The van der Waals surface area contributed by atoms with Crippen molar-refractivity contribution in [3.05, 3.63) is 30.4 Å². The van der Waals surface area contributed by atoms with Crippen molar-refractivity contribution in [1.82, 2.24) is 19.7 Å². The Morgan fingerprint density at radius 3 is 2.54 bits per heavy atom. The fourth-order valence-corrected chi connectivity index (χ4v) is 3.50. The molecule has 124 valence electrons. The molecule has 0 bridgehead atoms. The molecular weight excluding hydrogens is 304 g/mol. The molecule has 0 aromatic carbocycles. The van der Waals surface area contributed by atoms with Crippen LogP contribution in [0.3, 0.4) is 0 Å². The van der Waals surface area contributed by atoms with E-state index in [9.17, 15) is 4.79 Å². The maximum absolute atomic E-state index is 11.8. The van der Waals surface area contributed by atoms with Gasteiger partial charge in [0.25, 0.3) is 0 Å². The van der Waals surface area contributed by atoms with Crippen LogP contribution in [-0.2, 0) is 4.79 Å². The van der Waals surface area contributed by atoms with E-state index in [4.69, 9.17) is 0 Å². The molecule has 24 heavy (non-hydrogen) atoms. The summed E-state index contributed by atoms with van der Waals surface area (Å²) in [6.45, 7) is 2.53.